The Kier molecular flexibility index (Phi) is 3.40. The molecule has 0 fully saturated rings. The zero-order chi connectivity index (χ0) is 15.1. The van der Waals surface area contributed by atoms with Crippen LogP contribution in [0.5, 0.6) is 0 Å². The van der Waals surface area contributed by atoms with Gasteiger partial charge in [-0.15, -0.1) is 0 Å². The van der Waals surface area contributed by atoms with Gasteiger partial charge in [0.15, 0.2) is 0 Å². The molecule has 0 spiro atoms. The Hall–Kier alpha value is -2.13. The second kappa shape index (κ2) is 4.76. The molecule has 0 aliphatic carbocycles. The molecule has 20 heavy (non-hydrogen) atoms. The summed E-state index contributed by atoms with van der Waals surface area (Å²) in [6, 6.07) is 3.50. The molecule has 0 aromatic heterocycles. The minimum Gasteiger partial charge on any atom is -0.401 e. The number of hydrogen-bond acceptors (Lipinski definition) is 5. The number of azo groups is 1. The van der Waals surface area contributed by atoms with E-state index in [0.717, 1.165) is 12.2 Å². The molecule has 0 saturated carbocycles. The molecule has 0 amide bonds. The molecule has 108 valence electrons. The van der Waals surface area contributed by atoms with Crippen molar-refractivity contribution in [1.82, 2.24) is 5.32 Å². The Morgan fingerprint density at radius 2 is 1.90 bits per heavy atom. The predicted octanol–water partition coefficient (Wildman–Crippen LogP) is -0.708. The monoisotopic (exact) mass is 298 g/mol. The SMILES string of the molecule is Cc1cc(C)c(S(=O)(=O)[N+]2=[NH+][C-]([N+](=O)[O-])N[CH-]2)c(C)c1. The molecule has 0 bridgehead atoms. The lowest BCUT2D eigenvalue weighted by molar-refractivity contribution is -0.941. The molecule has 1 heterocycles. The fourth-order valence-electron chi connectivity index (χ4n) is 2.18. The average Bonchev–Trinajstić information content (AvgIpc) is 2.76. The largest absolute Gasteiger partial charge is 0.421 e. The molecule has 0 unspecified atom stereocenters. The molecule has 0 saturated heterocycles. The molecule has 8 nitrogen and oxygen atoms in total. The quantitative estimate of drug-likeness (QED) is 0.332. The van der Waals surface area contributed by atoms with Crippen molar-refractivity contribution in [3.05, 3.63) is 51.9 Å². The average molecular weight is 298 g/mol. The van der Waals surface area contributed by atoms with Crippen LogP contribution in [0.1, 0.15) is 16.7 Å². The Balaban J connectivity index is 2.53. The van der Waals surface area contributed by atoms with Crippen molar-refractivity contribution in [2.75, 3.05) is 0 Å². The predicted molar refractivity (Wildman–Crippen MR) is 66.7 cm³/mol. The highest BCUT2D eigenvalue weighted by molar-refractivity contribution is 7.85. The van der Waals surface area contributed by atoms with E-state index in [1.54, 1.807) is 26.0 Å². The van der Waals surface area contributed by atoms with Crippen molar-refractivity contribution in [2.24, 2.45) is 0 Å². The minimum atomic E-state index is -3.90. The van der Waals surface area contributed by atoms with E-state index in [4.69, 9.17) is 0 Å². The van der Waals surface area contributed by atoms with Gasteiger partial charge in [-0.1, -0.05) is 22.8 Å². The van der Waals surface area contributed by atoms with E-state index in [2.05, 4.69) is 10.4 Å². The third-order valence-electron chi connectivity index (χ3n) is 2.84. The maximum atomic E-state index is 12.5. The number of nitrogens with one attached hydrogen (secondary N) is 2. The lowest BCUT2D eigenvalue weighted by Gasteiger charge is -2.09. The molecule has 0 atom stereocenters. The number of nitro groups is 1. The third kappa shape index (κ3) is 2.32. The van der Waals surface area contributed by atoms with Crippen molar-refractivity contribution in [1.29, 1.82) is 0 Å². The fraction of sp³-hybridized carbons (Fsp3) is 0.273. The highest BCUT2D eigenvalue weighted by Gasteiger charge is 2.35. The van der Waals surface area contributed by atoms with Gasteiger partial charge in [0.05, 0.1) is 0 Å². The highest BCUT2D eigenvalue weighted by atomic mass is 32.2. The van der Waals surface area contributed by atoms with Crippen LogP contribution in [0.4, 0.5) is 0 Å². The van der Waals surface area contributed by atoms with Crippen LogP contribution in [0.3, 0.4) is 0 Å². The molecule has 0 radical (unpaired) electrons. The van der Waals surface area contributed by atoms with E-state index in [-0.39, 0.29) is 4.90 Å². The topological polar surface area (TPSA) is 106 Å². The number of benzene rings is 1. The van der Waals surface area contributed by atoms with Crippen LogP contribution in [0.2, 0.25) is 0 Å². The maximum absolute atomic E-state index is 12.5. The van der Waals surface area contributed by atoms with Crippen LogP contribution in [0, 0.1) is 43.8 Å². The van der Waals surface area contributed by atoms with Crippen LogP contribution in [-0.2, 0) is 10.0 Å². The smallest absolute Gasteiger partial charge is 0.401 e. The molecular formula is C11H14N4O4S. The van der Waals surface area contributed by atoms with Crippen LogP contribution in [-0.4, -0.2) is 17.4 Å². The zero-order valence-electron chi connectivity index (χ0n) is 11.2. The van der Waals surface area contributed by atoms with Crippen LogP contribution < -0.4 is 10.4 Å². The molecule has 2 rings (SSSR count). The van der Waals surface area contributed by atoms with Gasteiger partial charge in [-0.05, 0) is 40.9 Å². The van der Waals surface area contributed by atoms with Gasteiger partial charge in [0.1, 0.15) is 4.90 Å². The number of sulfonamides is 1. The highest BCUT2D eigenvalue weighted by Crippen LogP contribution is 2.23. The van der Waals surface area contributed by atoms with E-state index in [1.807, 2.05) is 6.92 Å². The first-order chi connectivity index (χ1) is 9.23. The molecule has 9 heteroatoms. The van der Waals surface area contributed by atoms with Gasteiger partial charge in [0.2, 0.25) is 0 Å². The van der Waals surface area contributed by atoms with Gasteiger partial charge >= 0.3 is 16.3 Å². The van der Waals surface area contributed by atoms with Gasteiger partial charge in [0.25, 0.3) is 0 Å². The van der Waals surface area contributed by atoms with Crippen LogP contribution >= 0.6 is 0 Å². The maximum Gasteiger partial charge on any atom is 0.421 e. The summed E-state index contributed by atoms with van der Waals surface area (Å²) in [6.07, 6.45) is -0.504. The summed E-state index contributed by atoms with van der Waals surface area (Å²) >= 11 is 0. The second-order valence-corrected chi connectivity index (χ2v) is 6.27. The molecule has 1 aliphatic rings. The first-order valence-corrected chi connectivity index (χ1v) is 7.17. The molecule has 2 N–H and O–H groups in total. The summed E-state index contributed by atoms with van der Waals surface area (Å²) in [5.74, 6) is 0. The minimum absolute atomic E-state index is 0.137. The van der Waals surface area contributed by atoms with E-state index in [0.29, 0.717) is 15.2 Å². The van der Waals surface area contributed by atoms with Gasteiger partial charge < -0.3 is 5.32 Å². The fourth-order valence-corrected chi connectivity index (χ4v) is 3.71. The summed E-state index contributed by atoms with van der Waals surface area (Å²) in [5.41, 5.74) is 2.13. The summed E-state index contributed by atoms with van der Waals surface area (Å²) in [7, 11) is -3.90. The lowest BCUT2D eigenvalue weighted by atomic mass is 10.1. The van der Waals surface area contributed by atoms with Gasteiger partial charge in [-0.25, -0.2) is 0 Å². The summed E-state index contributed by atoms with van der Waals surface area (Å²) in [5, 5.41) is 15.0. The first-order valence-electron chi connectivity index (χ1n) is 5.73. The van der Waals surface area contributed by atoms with Crippen molar-refractivity contribution in [3.63, 3.8) is 0 Å². The Morgan fingerprint density at radius 1 is 1.35 bits per heavy atom. The van der Waals surface area contributed by atoms with Crippen molar-refractivity contribution in [3.8, 4) is 0 Å². The Labute approximate surface area is 116 Å². The van der Waals surface area contributed by atoms with Crippen molar-refractivity contribution < 1.29 is 22.6 Å². The van der Waals surface area contributed by atoms with E-state index in [9.17, 15) is 18.5 Å². The number of nitrogens with zero attached hydrogens (tertiary/aromatic N) is 2. The molecular weight excluding hydrogens is 284 g/mol. The van der Waals surface area contributed by atoms with Gasteiger partial charge in [0, 0.05) is 6.67 Å². The van der Waals surface area contributed by atoms with Crippen LogP contribution in [0.15, 0.2) is 17.0 Å². The van der Waals surface area contributed by atoms with E-state index >= 15 is 0 Å². The number of aryl methyl sites for hydroxylation is 3. The second-order valence-electron chi connectivity index (χ2n) is 4.52. The summed E-state index contributed by atoms with van der Waals surface area (Å²) in [4.78, 5) is 9.99. The number of rotatable bonds is 3. The first kappa shape index (κ1) is 14.3. The normalized spacial score (nSPS) is 14.9. The Bertz CT molecular complexity index is 688. The Morgan fingerprint density at radius 3 is 2.35 bits per heavy atom. The summed E-state index contributed by atoms with van der Waals surface area (Å²) < 4.78 is 25.7. The van der Waals surface area contributed by atoms with Gasteiger partial charge in [-0.3, -0.25) is 10.1 Å². The summed E-state index contributed by atoms with van der Waals surface area (Å²) in [6.45, 7) is 6.26. The van der Waals surface area contributed by atoms with E-state index in [1.165, 1.54) is 0 Å². The lowest BCUT2D eigenvalue weighted by Crippen LogP contribution is -2.76. The van der Waals surface area contributed by atoms with Crippen LogP contribution in [0.25, 0.3) is 0 Å². The van der Waals surface area contributed by atoms with Crippen molar-refractivity contribution >= 4 is 10.0 Å². The van der Waals surface area contributed by atoms with Crippen molar-refractivity contribution in [2.45, 2.75) is 25.7 Å². The molecule has 1 aliphatic heterocycles. The third-order valence-corrected chi connectivity index (χ3v) is 4.71. The van der Waals surface area contributed by atoms with Gasteiger partial charge in [-0.2, -0.15) is 8.42 Å². The zero-order valence-corrected chi connectivity index (χ0v) is 12.0. The van der Waals surface area contributed by atoms with E-state index < -0.39 is 21.2 Å². The molecule has 1 aromatic carbocycles. The molecule has 1 aromatic rings. The standard InChI is InChI=1S/C11H14N4O4S/c1-7-4-8(2)10(9(3)5-7)20(18,19)14-6-12-11(13-14)15(16)17/h4-6,12-13H,1-3H3. The number of hydrogen-bond donors (Lipinski definition) is 2.